The average Bonchev–Trinajstić information content (AvgIpc) is 2.40. The van der Waals surface area contributed by atoms with Gasteiger partial charge in [0.05, 0.1) is 18.7 Å². The summed E-state index contributed by atoms with van der Waals surface area (Å²) in [6, 6.07) is 7.79. The Kier molecular flexibility index (Phi) is 4.29. The van der Waals surface area contributed by atoms with Gasteiger partial charge in [0.1, 0.15) is 5.75 Å². The van der Waals surface area contributed by atoms with Gasteiger partial charge in [-0.1, -0.05) is 0 Å². The molecule has 0 N–H and O–H groups in total. The molecule has 17 heavy (non-hydrogen) atoms. The first-order chi connectivity index (χ1) is 8.33. The van der Waals surface area contributed by atoms with Gasteiger partial charge < -0.3 is 4.74 Å². The Bertz CT molecular complexity index is 422. The summed E-state index contributed by atoms with van der Waals surface area (Å²) in [7, 11) is 1.68. The van der Waals surface area contributed by atoms with E-state index in [-0.39, 0.29) is 0 Å². The van der Waals surface area contributed by atoms with Crippen LogP contribution in [0.5, 0.6) is 5.75 Å². The van der Waals surface area contributed by atoms with Gasteiger partial charge in [-0.05, 0) is 18.2 Å². The molecule has 0 unspecified atom stereocenters. The molecule has 0 amide bonds. The number of rotatable bonds is 3. The molecule has 1 saturated heterocycles. The smallest absolute Gasteiger partial charge is 0.123 e. The van der Waals surface area contributed by atoms with E-state index >= 15 is 0 Å². The first kappa shape index (κ1) is 12.3. The number of benzene rings is 1. The topological polar surface area (TPSA) is 36.3 Å². The molecule has 0 spiro atoms. The van der Waals surface area contributed by atoms with E-state index in [0.717, 1.165) is 30.9 Å². The lowest BCUT2D eigenvalue weighted by molar-refractivity contribution is 0.288. The zero-order chi connectivity index (χ0) is 12.1. The molecule has 2 rings (SSSR count). The van der Waals surface area contributed by atoms with Crippen LogP contribution in [0, 0.1) is 11.3 Å². The molecular formula is C13H16N2OS. The van der Waals surface area contributed by atoms with Gasteiger partial charge in [0.25, 0.3) is 0 Å². The monoisotopic (exact) mass is 248 g/mol. The minimum Gasteiger partial charge on any atom is -0.496 e. The maximum Gasteiger partial charge on any atom is 0.123 e. The molecular weight excluding hydrogens is 232 g/mol. The molecule has 0 atom stereocenters. The van der Waals surface area contributed by atoms with Crippen LogP contribution in [0.2, 0.25) is 0 Å². The quantitative estimate of drug-likeness (QED) is 0.821. The van der Waals surface area contributed by atoms with Crippen molar-refractivity contribution in [1.82, 2.24) is 4.90 Å². The molecule has 1 heterocycles. The molecule has 3 nitrogen and oxygen atoms in total. The summed E-state index contributed by atoms with van der Waals surface area (Å²) >= 11 is 2.00. The zero-order valence-corrected chi connectivity index (χ0v) is 10.8. The van der Waals surface area contributed by atoms with Crippen LogP contribution >= 0.6 is 11.8 Å². The molecule has 90 valence electrons. The molecule has 1 fully saturated rings. The van der Waals surface area contributed by atoms with Crippen molar-refractivity contribution in [3.05, 3.63) is 29.3 Å². The second-order valence-electron chi connectivity index (χ2n) is 4.03. The van der Waals surface area contributed by atoms with Crippen molar-refractivity contribution in [2.24, 2.45) is 0 Å². The largest absolute Gasteiger partial charge is 0.496 e. The molecule has 0 radical (unpaired) electrons. The fourth-order valence-corrected chi connectivity index (χ4v) is 2.95. The van der Waals surface area contributed by atoms with Crippen molar-refractivity contribution < 1.29 is 4.74 Å². The Morgan fingerprint density at radius 1 is 1.41 bits per heavy atom. The highest BCUT2D eigenvalue weighted by Gasteiger charge is 2.13. The standard InChI is InChI=1S/C13H16N2OS/c1-16-13-3-2-11(9-14)8-12(13)10-15-4-6-17-7-5-15/h2-3,8H,4-7,10H2,1H3. The number of nitriles is 1. The lowest BCUT2D eigenvalue weighted by atomic mass is 10.1. The van der Waals surface area contributed by atoms with Gasteiger partial charge >= 0.3 is 0 Å². The number of nitrogens with zero attached hydrogens (tertiary/aromatic N) is 2. The molecule has 0 bridgehead atoms. The molecule has 1 aliphatic heterocycles. The predicted octanol–water partition coefficient (Wildman–Crippen LogP) is 2.12. The summed E-state index contributed by atoms with van der Waals surface area (Å²) in [5, 5.41) is 8.92. The third-order valence-corrected chi connectivity index (χ3v) is 3.85. The Morgan fingerprint density at radius 3 is 2.82 bits per heavy atom. The summed E-state index contributed by atoms with van der Waals surface area (Å²) in [6.45, 7) is 3.11. The summed E-state index contributed by atoms with van der Waals surface area (Å²) in [4.78, 5) is 2.41. The number of hydrogen-bond donors (Lipinski definition) is 0. The Labute approximate surface area is 106 Å². The van der Waals surface area contributed by atoms with E-state index in [9.17, 15) is 0 Å². The van der Waals surface area contributed by atoms with Crippen LogP contribution in [-0.4, -0.2) is 36.6 Å². The lowest BCUT2D eigenvalue weighted by Crippen LogP contribution is -2.32. The van der Waals surface area contributed by atoms with Crippen molar-refractivity contribution in [2.75, 3.05) is 31.7 Å². The molecule has 4 heteroatoms. The first-order valence-electron chi connectivity index (χ1n) is 5.70. The fraction of sp³-hybridized carbons (Fsp3) is 0.462. The maximum atomic E-state index is 8.92. The maximum absolute atomic E-state index is 8.92. The van der Waals surface area contributed by atoms with Crippen molar-refractivity contribution in [3.8, 4) is 11.8 Å². The Morgan fingerprint density at radius 2 is 2.18 bits per heavy atom. The normalized spacial score (nSPS) is 16.5. The Balaban J connectivity index is 2.14. The van der Waals surface area contributed by atoms with Gasteiger partial charge in [-0.15, -0.1) is 0 Å². The Hall–Kier alpha value is -1.18. The number of hydrogen-bond acceptors (Lipinski definition) is 4. The number of ether oxygens (including phenoxy) is 1. The minimum atomic E-state index is 0.701. The molecule has 1 aromatic carbocycles. The second-order valence-corrected chi connectivity index (χ2v) is 5.25. The van der Waals surface area contributed by atoms with Gasteiger partial charge in [0, 0.05) is 36.7 Å². The lowest BCUT2D eigenvalue weighted by Gasteiger charge is -2.26. The molecule has 0 saturated carbocycles. The molecule has 1 aliphatic rings. The first-order valence-corrected chi connectivity index (χ1v) is 6.86. The van der Waals surface area contributed by atoms with Gasteiger partial charge in [-0.3, -0.25) is 4.90 Å². The highest BCUT2D eigenvalue weighted by Crippen LogP contribution is 2.22. The molecule has 0 aliphatic carbocycles. The van der Waals surface area contributed by atoms with Crippen molar-refractivity contribution in [3.63, 3.8) is 0 Å². The third kappa shape index (κ3) is 3.15. The molecule has 1 aromatic rings. The van der Waals surface area contributed by atoms with E-state index in [4.69, 9.17) is 10.00 Å². The highest BCUT2D eigenvalue weighted by atomic mass is 32.2. The van der Waals surface area contributed by atoms with E-state index < -0.39 is 0 Å². The van der Waals surface area contributed by atoms with Crippen LogP contribution in [0.3, 0.4) is 0 Å². The van der Waals surface area contributed by atoms with Gasteiger partial charge in [-0.25, -0.2) is 0 Å². The van der Waals surface area contributed by atoms with Crippen LogP contribution in [0.4, 0.5) is 0 Å². The summed E-state index contributed by atoms with van der Waals surface area (Å²) < 4.78 is 5.35. The second kappa shape index (κ2) is 5.95. The van der Waals surface area contributed by atoms with Gasteiger partial charge in [0.2, 0.25) is 0 Å². The summed E-state index contributed by atoms with van der Waals surface area (Å²) in [5.74, 6) is 3.27. The highest BCUT2D eigenvalue weighted by molar-refractivity contribution is 7.99. The molecule has 0 aromatic heterocycles. The number of methoxy groups -OCH3 is 1. The van der Waals surface area contributed by atoms with E-state index in [0.29, 0.717) is 5.56 Å². The van der Waals surface area contributed by atoms with E-state index in [1.807, 2.05) is 23.9 Å². The average molecular weight is 248 g/mol. The van der Waals surface area contributed by atoms with Crippen LogP contribution in [0.25, 0.3) is 0 Å². The van der Waals surface area contributed by atoms with Crippen LogP contribution in [0.1, 0.15) is 11.1 Å². The zero-order valence-electron chi connectivity index (χ0n) is 9.98. The predicted molar refractivity (Wildman–Crippen MR) is 70.3 cm³/mol. The van der Waals surface area contributed by atoms with Crippen molar-refractivity contribution >= 4 is 11.8 Å². The summed E-state index contributed by atoms with van der Waals surface area (Å²) in [5.41, 5.74) is 1.81. The number of thioether (sulfide) groups is 1. The third-order valence-electron chi connectivity index (χ3n) is 2.91. The van der Waals surface area contributed by atoms with Crippen molar-refractivity contribution in [2.45, 2.75) is 6.54 Å². The minimum absolute atomic E-state index is 0.701. The van der Waals surface area contributed by atoms with Crippen LogP contribution < -0.4 is 4.74 Å². The van der Waals surface area contributed by atoms with E-state index in [2.05, 4.69) is 11.0 Å². The van der Waals surface area contributed by atoms with Crippen molar-refractivity contribution in [1.29, 1.82) is 5.26 Å². The van der Waals surface area contributed by atoms with E-state index in [1.165, 1.54) is 11.5 Å². The van der Waals surface area contributed by atoms with Crippen LogP contribution in [0.15, 0.2) is 18.2 Å². The fourth-order valence-electron chi connectivity index (χ4n) is 1.97. The summed E-state index contributed by atoms with van der Waals surface area (Å²) in [6.07, 6.45) is 0. The van der Waals surface area contributed by atoms with Gasteiger partial charge in [0.15, 0.2) is 0 Å². The van der Waals surface area contributed by atoms with Gasteiger partial charge in [-0.2, -0.15) is 17.0 Å². The van der Waals surface area contributed by atoms with E-state index in [1.54, 1.807) is 13.2 Å². The van der Waals surface area contributed by atoms with Crippen LogP contribution in [-0.2, 0) is 6.54 Å². The SMILES string of the molecule is COc1ccc(C#N)cc1CN1CCSCC1.